The smallest absolute Gasteiger partial charge is 0.395 e. The predicted molar refractivity (Wildman–Crippen MR) is 89.0 cm³/mol. The Balaban J connectivity index is 0.000000468. The van der Waals surface area contributed by atoms with Crippen LogP contribution in [0.2, 0.25) is 6.04 Å². The summed E-state index contributed by atoms with van der Waals surface area (Å²) in [7, 11) is 7.61. The van der Waals surface area contributed by atoms with E-state index in [2.05, 4.69) is 0 Å². The molecule has 1 saturated heterocycles. The largest absolute Gasteiger partial charge is 0.678 e. The van der Waals surface area contributed by atoms with Crippen molar-refractivity contribution in [2.24, 2.45) is 0 Å². The Kier molecular flexibility index (Phi) is 10.9. The van der Waals surface area contributed by atoms with Crippen LogP contribution in [0, 0.1) is 0 Å². The molecule has 1 rings (SSSR count). The zero-order valence-electron chi connectivity index (χ0n) is 15.6. The fraction of sp³-hybridized carbons (Fsp3) is 1.00. The molecule has 1 heterocycles. The first kappa shape index (κ1) is 23.1. The molecule has 0 bridgehead atoms. The van der Waals surface area contributed by atoms with Gasteiger partial charge in [-0.15, -0.1) is 0 Å². The van der Waals surface area contributed by atoms with Crippen LogP contribution in [-0.4, -0.2) is 79.9 Å². The lowest BCUT2D eigenvalue weighted by molar-refractivity contribution is -0.183. The summed E-state index contributed by atoms with van der Waals surface area (Å²) in [6.07, 6.45) is 3.08. The van der Waals surface area contributed by atoms with Crippen molar-refractivity contribution in [2.75, 3.05) is 56.9 Å². The molecule has 0 aromatic carbocycles. The maximum atomic E-state index is 5.59. The highest BCUT2D eigenvalue weighted by Crippen LogP contribution is 2.40. The molecule has 0 aliphatic carbocycles. The van der Waals surface area contributed by atoms with E-state index in [1.165, 1.54) is 28.4 Å². The number of rotatable bonds is 8. The van der Waals surface area contributed by atoms with Gasteiger partial charge >= 0.3 is 17.6 Å². The topological polar surface area (TPSA) is 73.8 Å². The van der Waals surface area contributed by atoms with Crippen molar-refractivity contribution in [3.05, 3.63) is 0 Å². The lowest BCUT2D eigenvalue weighted by atomic mass is 10.2. The molecule has 0 spiro atoms. The Bertz CT molecular complexity index is 269. The van der Waals surface area contributed by atoms with Gasteiger partial charge < -0.3 is 36.0 Å². The molecule has 8 nitrogen and oxygen atoms in total. The van der Waals surface area contributed by atoms with Gasteiger partial charge in [0.25, 0.3) is 0 Å². The minimum atomic E-state index is -2.69. The van der Waals surface area contributed by atoms with Gasteiger partial charge in [-0.05, 0) is 12.5 Å². The molecule has 0 N–H and O–H groups in total. The van der Waals surface area contributed by atoms with Crippen molar-refractivity contribution in [3.63, 3.8) is 0 Å². The highest BCUT2D eigenvalue weighted by atomic mass is 28.4. The van der Waals surface area contributed by atoms with Crippen LogP contribution in [0.3, 0.4) is 0 Å². The lowest BCUT2D eigenvalue weighted by Crippen LogP contribution is -2.65. The summed E-state index contributed by atoms with van der Waals surface area (Å²) in [5, 5.41) is 0. The normalized spacial score (nSPS) is 19.8. The van der Waals surface area contributed by atoms with E-state index >= 15 is 0 Å². The summed E-state index contributed by atoms with van der Waals surface area (Å²) in [5.41, 5.74) is -0.630. The Labute approximate surface area is 142 Å². The molecular formula is C13H32O8Si2. The number of hydrogen-bond donors (Lipinski definition) is 0. The van der Waals surface area contributed by atoms with E-state index in [1.54, 1.807) is 28.4 Å². The van der Waals surface area contributed by atoms with E-state index in [9.17, 15) is 0 Å². The molecule has 1 fully saturated rings. The Hall–Kier alpha value is 0.114. The maximum Gasteiger partial charge on any atom is 0.678 e. The number of hydrogen-bond acceptors (Lipinski definition) is 8. The first-order chi connectivity index (χ1) is 10.9. The fourth-order valence-corrected chi connectivity index (χ4v) is 7.27. The maximum absolute atomic E-state index is 5.59. The molecular weight excluding hydrogens is 340 g/mol. The second-order valence-electron chi connectivity index (χ2n) is 4.85. The molecule has 0 radical (unpaired) electrons. The summed E-state index contributed by atoms with van der Waals surface area (Å²) in [4.78, 5) is 0. The first-order valence-corrected chi connectivity index (χ1v) is 11.0. The summed E-state index contributed by atoms with van der Waals surface area (Å²) in [6.45, 7) is 0. The van der Waals surface area contributed by atoms with Gasteiger partial charge in [0.2, 0.25) is 5.41 Å². The third-order valence-corrected chi connectivity index (χ3v) is 10.3. The van der Waals surface area contributed by atoms with Crippen molar-refractivity contribution in [3.8, 4) is 0 Å². The quantitative estimate of drug-likeness (QED) is 0.468. The van der Waals surface area contributed by atoms with Gasteiger partial charge in [-0.3, -0.25) is 0 Å². The average molecular weight is 373 g/mol. The Morgan fingerprint density at radius 2 is 1.13 bits per heavy atom. The van der Waals surface area contributed by atoms with Crippen molar-refractivity contribution in [2.45, 2.75) is 30.7 Å². The van der Waals surface area contributed by atoms with Crippen LogP contribution >= 0.6 is 0 Å². The van der Waals surface area contributed by atoms with E-state index in [0.29, 0.717) is 0 Å². The molecule has 0 saturated carbocycles. The second-order valence-corrected chi connectivity index (χ2v) is 11.1. The molecule has 0 aromatic heterocycles. The molecule has 1 aliphatic rings. The van der Waals surface area contributed by atoms with Gasteiger partial charge in [0.15, 0.2) is 0 Å². The molecule has 0 amide bonds. The lowest BCUT2D eigenvalue weighted by Gasteiger charge is -2.46. The first-order valence-electron chi connectivity index (χ1n) is 7.36. The van der Waals surface area contributed by atoms with Gasteiger partial charge in [0, 0.05) is 63.3 Å². The van der Waals surface area contributed by atoms with E-state index in [1.807, 2.05) is 0 Å². The van der Waals surface area contributed by atoms with Crippen LogP contribution in [0.15, 0.2) is 0 Å². The predicted octanol–water partition coefficient (Wildman–Crippen LogP) is 1.44. The van der Waals surface area contributed by atoms with Crippen LogP contribution in [-0.2, 0) is 36.0 Å². The Morgan fingerprint density at radius 1 is 0.696 bits per heavy atom. The third kappa shape index (κ3) is 5.04. The molecule has 0 unspecified atom stereocenters. The number of ether oxygens (including phenoxy) is 2. The molecule has 23 heavy (non-hydrogen) atoms. The Morgan fingerprint density at radius 3 is 1.35 bits per heavy atom. The van der Waals surface area contributed by atoms with Gasteiger partial charge in [-0.1, -0.05) is 6.42 Å². The summed E-state index contributed by atoms with van der Waals surface area (Å²) < 4.78 is 41.6. The van der Waals surface area contributed by atoms with Gasteiger partial charge in [0.05, 0.1) is 0 Å². The molecule has 0 atom stereocenters. The van der Waals surface area contributed by atoms with Crippen molar-refractivity contribution >= 4 is 17.6 Å². The van der Waals surface area contributed by atoms with E-state index in [0.717, 1.165) is 25.3 Å². The molecule has 0 aromatic rings. The SMILES string of the molecule is COC1(OC)CCCC[Si]1(OC)OC.CO[Si](OC)(OC)OC. The van der Waals surface area contributed by atoms with Crippen LogP contribution in [0.25, 0.3) is 0 Å². The molecule has 10 heteroatoms. The molecule has 1 aliphatic heterocycles. The van der Waals surface area contributed by atoms with Crippen LogP contribution in [0.1, 0.15) is 19.3 Å². The minimum absolute atomic E-state index is 0.630. The van der Waals surface area contributed by atoms with Crippen LogP contribution in [0.5, 0.6) is 0 Å². The zero-order valence-corrected chi connectivity index (χ0v) is 17.6. The zero-order chi connectivity index (χ0) is 18.0. The standard InChI is InChI=1S/C9H20O4Si.C4H12O4Si/c1-10-9(11-2)7-5-6-8-14(9,12-3)13-4;1-5-9(6-2,7-3)8-4/h5-8H2,1-4H3;1-4H3. The fourth-order valence-electron chi connectivity index (χ4n) is 2.79. The third-order valence-electron chi connectivity index (χ3n) is 4.16. The second kappa shape index (κ2) is 10.9. The monoisotopic (exact) mass is 372 g/mol. The van der Waals surface area contributed by atoms with Gasteiger partial charge in [-0.2, -0.15) is 0 Å². The van der Waals surface area contributed by atoms with E-state index < -0.39 is 23.0 Å². The van der Waals surface area contributed by atoms with Gasteiger partial charge in [-0.25, -0.2) is 0 Å². The van der Waals surface area contributed by atoms with E-state index in [4.69, 9.17) is 36.0 Å². The summed E-state index contributed by atoms with van der Waals surface area (Å²) in [6, 6.07) is 0.932. The molecule has 140 valence electrons. The van der Waals surface area contributed by atoms with Crippen LogP contribution < -0.4 is 0 Å². The number of methoxy groups -OCH3 is 2. The average Bonchev–Trinajstić information content (AvgIpc) is 2.64. The van der Waals surface area contributed by atoms with Crippen molar-refractivity contribution in [1.29, 1.82) is 0 Å². The van der Waals surface area contributed by atoms with Crippen molar-refractivity contribution in [1.82, 2.24) is 0 Å². The highest BCUT2D eigenvalue weighted by Gasteiger charge is 2.60. The highest BCUT2D eigenvalue weighted by molar-refractivity contribution is 6.70. The van der Waals surface area contributed by atoms with Gasteiger partial charge in [0.1, 0.15) is 0 Å². The summed E-state index contributed by atoms with van der Waals surface area (Å²) >= 11 is 0. The van der Waals surface area contributed by atoms with Crippen LogP contribution in [0.4, 0.5) is 0 Å². The van der Waals surface area contributed by atoms with Crippen molar-refractivity contribution < 1.29 is 36.0 Å². The summed E-state index contributed by atoms with van der Waals surface area (Å²) in [5.74, 6) is 0. The van der Waals surface area contributed by atoms with E-state index in [-0.39, 0.29) is 0 Å². The minimum Gasteiger partial charge on any atom is -0.395 e.